The first-order chi connectivity index (χ1) is 17.9. The van der Waals surface area contributed by atoms with Crippen molar-refractivity contribution < 1.29 is 19.4 Å². The minimum absolute atomic E-state index is 0.0862. The van der Waals surface area contributed by atoms with Gasteiger partial charge in [-0.2, -0.15) is 0 Å². The van der Waals surface area contributed by atoms with Gasteiger partial charge in [0.2, 0.25) is 5.90 Å². The number of halogens is 1. The van der Waals surface area contributed by atoms with E-state index in [1.54, 1.807) is 0 Å². The van der Waals surface area contributed by atoms with E-state index < -0.39 is 11.6 Å². The van der Waals surface area contributed by atoms with Crippen LogP contribution in [-0.2, 0) is 16.0 Å². The molecule has 0 saturated carbocycles. The molecule has 0 fully saturated rings. The van der Waals surface area contributed by atoms with Crippen LogP contribution in [-0.4, -0.2) is 42.2 Å². The molecule has 0 spiro atoms. The van der Waals surface area contributed by atoms with Gasteiger partial charge in [0.25, 0.3) is 5.91 Å². The molecule has 4 rings (SSSR count). The van der Waals surface area contributed by atoms with Gasteiger partial charge >= 0.3 is 0 Å². The van der Waals surface area contributed by atoms with E-state index >= 15 is 0 Å². The molecular formula is C30H33BrN2O4. The maximum absolute atomic E-state index is 14.0. The summed E-state index contributed by atoms with van der Waals surface area (Å²) >= 11 is 3.50. The summed E-state index contributed by atoms with van der Waals surface area (Å²) in [5, 5.41) is 12.1. The van der Waals surface area contributed by atoms with Crippen LogP contribution in [0.15, 0.2) is 88.3 Å². The maximum atomic E-state index is 14.0. The number of carbonyl (C=O) groups excluding carboxylic acids is 1. The Labute approximate surface area is 226 Å². The molecule has 3 aromatic rings. The Morgan fingerprint density at radius 2 is 1.78 bits per heavy atom. The Morgan fingerprint density at radius 1 is 1.08 bits per heavy atom. The summed E-state index contributed by atoms with van der Waals surface area (Å²) in [7, 11) is 0. The molecule has 2 atom stereocenters. The number of nitrogens with zero attached hydrogens (tertiary/aromatic N) is 1. The fourth-order valence-corrected chi connectivity index (χ4v) is 4.54. The van der Waals surface area contributed by atoms with Crippen molar-refractivity contribution in [3.05, 3.63) is 100 Å². The van der Waals surface area contributed by atoms with Crippen LogP contribution in [0.25, 0.3) is 0 Å². The van der Waals surface area contributed by atoms with Gasteiger partial charge in [0.15, 0.2) is 11.6 Å². The molecule has 194 valence electrons. The Morgan fingerprint density at radius 3 is 2.43 bits per heavy atom. The van der Waals surface area contributed by atoms with E-state index in [0.29, 0.717) is 43.6 Å². The minimum atomic E-state index is -1.18. The molecule has 2 N–H and O–H groups in total. The van der Waals surface area contributed by atoms with Gasteiger partial charge in [-0.05, 0) is 53.4 Å². The Balaban J connectivity index is 1.75. The van der Waals surface area contributed by atoms with Crippen LogP contribution in [0.5, 0.6) is 5.75 Å². The van der Waals surface area contributed by atoms with Crippen LogP contribution in [0.1, 0.15) is 43.1 Å². The van der Waals surface area contributed by atoms with Gasteiger partial charge in [-0.25, -0.2) is 4.99 Å². The van der Waals surface area contributed by atoms with Crippen LogP contribution in [0, 0.1) is 5.92 Å². The summed E-state index contributed by atoms with van der Waals surface area (Å²) in [6, 6.07) is 25.3. The van der Waals surface area contributed by atoms with E-state index in [1.165, 1.54) is 0 Å². The molecule has 7 heteroatoms. The van der Waals surface area contributed by atoms with E-state index in [-0.39, 0.29) is 12.5 Å². The molecule has 0 unspecified atom stereocenters. The third-order valence-electron chi connectivity index (χ3n) is 6.19. The van der Waals surface area contributed by atoms with Crippen molar-refractivity contribution in [3.63, 3.8) is 0 Å². The predicted octanol–water partition coefficient (Wildman–Crippen LogP) is 5.48. The van der Waals surface area contributed by atoms with E-state index in [1.807, 2.05) is 78.9 Å². The number of hydrogen-bond donors (Lipinski definition) is 2. The summed E-state index contributed by atoms with van der Waals surface area (Å²) in [6.45, 7) is 5.21. The van der Waals surface area contributed by atoms with Crippen LogP contribution in [0.4, 0.5) is 0 Å². The second-order valence-electron chi connectivity index (χ2n) is 9.61. The lowest BCUT2D eigenvalue weighted by molar-refractivity contribution is -0.129. The lowest BCUT2D eigenvalue weighted by atomic mass is 9.82. The fourth-order valence-electron chi connectivity index (χ4n) is 4.27. The third kappa shape index (κ3) is 6.59. The molecule has 37 heavy (non-hydrogen) atoms. The Kier molecular flexibility index (Phi) is 9.00. The highest BCUT2D eigenvalue weighted by Crippen LogP contribution is 2.42. The lowest BCUT2D eigenvalue weighted by Crippen LogP contribution is -2.50. The van der Waals surface area contributed by atoms with Crippen LogP contribution in [0.3, 0.4) is 0 Å². The predicted molar refractivity (Wildman–Crippen MR) is 149 cm³/mol. The number of aliphatic hydroxyl groups is 1. The van der Waals surface area contributed by atoms with Gasteiger partial charge in [-0.3, -0.25) is 4.79 Å². The van der Waals surface area contributed by atoms with Gasteiger partial charge in [0, 0.05) is 36.0 Å². The molecule has 0 radical (unpaired) electrons. The molecule has 0 saturated heterocycles. The fraction of sp³-hybridized carbons (Fsp3) is 0.333. The van der Waals surface area contributed by atoms with Crippen LogP contribution >= 0.6 is 15.9 Å². The number of aliphatic hydroxyl groups excluding tert-OH is 1. The van der Waals surface area contributed by atoms with E-state index in [0.717, 1.165) is 21.2 Å². The molecule has 1 heterocycles. The SMILES string of the molecule is CC(C)CNC(=O)[C@]1(Cc2ccc(Br)cc2)N=C(c2ccc(OCCCO)cc2)O[C@@H]1c1ccccc1. The van der Waals surface area contributed by atoms with Crippen molar-refractivity contribution >= 4 is 27.7 Å². The summed E-state index contributed by atoms with van der Waals surface area (Å²) in [6.07, 6.45) is 0.357. The highest BCUT2D eigenvalue weighted by atomic mass is 79.9. The highest BCUT2D eigenvalue weighted by Gasteiger charge is 2.53. The molecule has 1 amide bonds. The number of aliphatic imine (C=N–C) groups is 1. The zero-order valence-corrected chi connectivity index (χ0v) is 22.8. The number of ether oxygens (including phenoxy) is 2. The van der Waals surface area contributed by atoms with Crippen molar-refractivity contribution in [2.24, 2.45) is 10.9 Å². The standard InChI is InChI=1S/C30H33BrN2O4/c1-21(2)20-32-29(35)30(19-22-9-13-25(31)14-10-22)27(23-7-4-3-5-8-23)37-28(33-30)24-11-15-26(16-12-24)36-18-6-17-34/h3-5,7-16,21,27,34H,6,17-20H2,1-2H3,(H,32,35)/t27-,30-/m1/s1. The van der Waals surface area contributed by atoms with Crippen molar-refractivity contribution in [1.29, 1.82) is 0 Å². The van der Waals surface area contributed by atoms with Crippen molar-refractivity contribution in [2.45, 2.75) is 38.3 Å². The topological polar surface area (TPSA) is 80.2 Å². The second kappa shape index (κ2) is 12.4. The average molecular weight is 566 g/mol. The van der Waals surface area contributed by atoms with Crippen molar-refractivity contribution in [2.75, 3.05) is 19.8 Å². The van der Waals surface area contributed by atoms with Crippen LogP contribution in [0.2, 0.25) is 0 Å². The van der Waals surface area contributed by atoms with E-state index in [4.69, 9.17) is 19.6 Å². The highest BCUT2D eigenvalue weighted by molar-refractivity contribution is 9.10. The first-order valence-corrected chi connectivity index (χ1v) is 13.4. The maximum Gasteiger partial charge on any atom is 0.252 e. The quantitative estimate of drug-likeness (QED) is 0.302. The Hall–Kier alpha value is -3.16. The van der Waals surface area contributed by atoms with Gasteiger partial charge in [0.05, 0.1) is 6.61 Å². The average Bonchev–Trinajstić information content (AvgIpc) is 3.30. The second-order valence-corrected chi connectivity index (χ2v) is 10.5. The largest absolute Gasteiger partial charge is 0.494 e. The summed E-state index contributed by atoms with van der Waals surface area (Å²) < 4.78 is 13.2. The molecule has 6 nitrogen and oxygen atoms in total. The number of hydrogen-bond acceptors (Lipinski definition) is 5. The number of amides is 1. The number of rotatable bonds is 11. The summed E-state index contributed by atoms with van der Waals surface area (Å²) in [5.74, 6) is 1.27. The van der Waals surface area contributed by atoms with E-state index in [2.05, 4.69) is 35.1 Å². The Bertz CT molecular complexity index is 1200. The summed E-state index contributed by atoms with van der Waals surface area (Å²) in [4.78, 5) is 19.0. The lowest BCUT2D eigenvalue weighted by Gasteiger charge is -2.31. The minimum Gasteiger partial charge on any atom is -0.494 e. The van der Waals surface area contributed by atoms with Gasteiger partial charge < -0.3 is 19.9 Å². The normalized spacial score (nSPS) is 18.8. The molecule has 0 bridgehead atoms. The number of carbonyl (C=O) groups is 1. The van der Waals surface area contributed by atoms with Gasteiger partial charge in [0.1, 0.15) is 5.75 Å². The molecule has 0 aromatic heterocycles. The van der Waals surface area contributed by atoms with E-state index in [9.17, 15) is 4.79 Å². The number of nitrogens with one attached hydrogen (secondary N) is 1. The smallest absolute Gasteiger partial charge is 0.252 e. The first-order valence-electron chi connectivity index (χ1n) is 12.6. The third-order valence-corrected chi connectivity index (χ3v) is 6.72. The van der Waals surface area contributed by atoms with Crippen molar-refractivity contribution in [3.8, 4) is 5.75 Å². The van der Waals surface area contributed by atoms with Gasteiger partial charge in [-0.15, -0.1) is 0 Å². The molecule has 1 aliphatic heterocycles. The van der Waals surface area contributed by atoms with Crippen LogP contribution < -0.4 is 10.1 Å². The molecular weight excluding hydrogens is 532 g/mol. The van der Waals surface area contributed by atoms with Gasteiger partial charge in [-0.1, -0.05) is 72.2 Å². The summed E-state index contributed by atoms with van der Waals surface area (Å²) in [5.41, 5.74) is 1.47. The molecule has 3 aromatic carbocycles. The first kappa shape index (κ1) is 26.9. The molecule has 1 aliphatic rings. The zero-order valence-electron chi connectivity index (χ0n) is 21.2. The zero-order chi connectivity index (χ0) is 26.3. The molecule has 0 aliphatic carbocycles. The monoisotopic (exact) mass is 564 g/mol. The van der Waals surface area contributed by atoms with Crippen molar-refractivity contribution in [1.82, 2.24) is 5.32 Å². The number of benzene rings is 3.